The molecule has 0 radical (unpaired) electrons. The first-order valence-electron chi connectivity index (χ1n) is 6.11. The van der Waals surface area contributed by atoms with Gasteiger partial charge in [-0.05, 0) is 17.5 Å². The number of hydrogen-bond acceptors (Lipinski definition) is 4. The topological polar surface area (TPSA) is 55.8 Å². The van der Waals surface area contributed by atoms with Crippen LogP contribution in [0.5, 0.6) is 5.75 Å². The van der Waals surface area contributed by atoms with Gasteiger partial charge in [-0.2, -0.15) is 0 Å². The van der Waals surface area contributed by atoms with Gasteiger partial charge in [0.1, 0.15) is 5.75 Å². The second-order valence-electron chi connectivity index (χ2n) is 4.79. The van der Waals surface area contributed by atoms with Crippen molar-refractivity contribution in [1.29, 1.82) is 0 Å². The summed E-state index contributed by atoms with van der Waals surface area (Å²) in [5.74, 6) is 0.143. The highest BCUT2D eigenvalue weighted by molar-refractivity contribution is 6.19. The maximum absolute atomic E-state index is 12.4. The van der Waals surface area contributed by atoms with E-state index in [-0.39, 0.29) is 17.7 Å². The average Bonchev–Trinajstić information content (AvgIpc) is 2.68. The minimum atomic E-state index is -0.664. The van der Waals surface area contributed by atoms with E-state index in [0.29, 0.717) is 11.4 Å². The number of hydrogen-bond donors (Lipinski definition) is 0. The van der Waals surface area contributed by atoms with Crippen LogP contribution in [0.1, 0.15) is 25.3 Å². The van der Waals surface area contributed by atoms with E-state index in [9.17, 15) is 9.59 Å². The van der Waals surface area contributed by atoms with Gasteiger partial charge in [-0.1, -0.05) is 19.9 Å². The van der Waals surface area contributed by atoms with Gasteiger partial charge in [0.25, 0.3) is 0 Å². The van der Waals surface area contributed by atoms with Gasteiger partial charge in [0, 0.05) is 6.07 Å². The Labute approximate surface area is 112 Å². The lowest BCUT2D eigenvalue weighted by molar-refractivity contribution is -0.119. The third-order valence-corrected chi connectivity index (χ3v) is 3.32. The van der Waals surface area contributed by atoms with Crippen molar-refractivity contribution in [1.82, 2.24) is 0 Å². The third-order valence-electron chi connectivity index (χ3n) is 3.32. The number of rotatable bonds is 2. The summed E-state index contributed by atoms with van der Waals surface area (Å²) in [6, 6.07) is 5.31. The van der Waals surface area contributed by atoms with Gasteiger partial charge in [-0.15, -0.1) is 0 Å². The maximum atomic E-state index is 12.4. The Kier molecular flexibility index (Phi) is 3.46. The van der Waals surface area contributed by atoms with Crippen LogP contribution in [0.15, 0.2) is 18.2 Å². The van der Waals surface area contributed by atoms with E-state index < -0.39 is 6.09 Å². The Morgan fingerprint density at radius 3 is 2.53 bits per heavy atom. The first-order chi connectivity index (χ1) is 9.01. The molecule has 0 saturated heterocycles. The van der Waals surface area contributed by atoms with E-state index in [1.165, 1.54) is 7.11 Å². The van der Waals surface area contributed by atoms with Crippen LogP contribution in [-0.2, 0) is 9.53 Å². The fourth-order valence-corrected chi connectivity index (χ4v) is 2.42. The predicted molar refractivity (Wildman–Crippen MR) is 70.5 cm³/mol. The molecular formula is C14H17NO4. The van der Waals surface area contributed by atoms with Gasteiger partial charge in [0.15, 0.2) is 0 Å². The number of benzene rings is 1. The summed E-state index contributed by atoms with van der Waals surface area (Å²) in [7, 11) is 2.80. The normalized spacial score (nSPS) is 17.6. The van der Waals surface area contributed by atoms with E-state index in [2.05, 4.69) is 4.74 Å². The molecule has 1 unspecified atom stereocenters. The van der Waals surface area contributed by atoms with Crippen molar-refractivity contribution >= 4 is 17.7 Å². The molecule has 1 atom stereocenters. The Bertz CT molecular complexity index is 524. The molecule has 2 rings (SSSR count). The molecule has 5 nitrogen and oxygen atoms in total. The van der Waals surface area contributed by atoms with Gasteiger partial charge in [0.05, 0.1) is 25.8 Å². The highest BCUT2D eigenvalue weighted by Crippen LogP contribution is 2.43. The molecule has 0 fully saturated rings. The van der Waals surface area contributed by atoms with Crippen molar-refractivity contribution in [3.63, 3.8) is 0 Å². The summed E-state index contributed by atoms with van der Waals surface area (Å²) in [6.07, 6.45) is -0.664. The number of carbonyl (C=O) groups excluding carboxylic acids is 2. The lowest BCUT2D eigenvalue weighted by Crippen LogP contribution is -2.35. The molecule has 0 N–H and O–H groups in total. The number of imide groups is 1. The Morgan fingerprint density at radius 2 is 2.00 bits per heavy atom. The van der Waals surface area contributed by atoms with E-state index in [1.54, 1.807) is 19.2 Å². The number of methoxy groups -OCH3 is 2. The van der Waals surface area contributed by atoms with Gasteiger partial charge < -0.3 is 9.47 Å². The van der Waals surface area contributed by atoms with E-state index in [4.69, 9.17) is 4.74 Å². The fourth-order valence-electron chi connectivity index (χ4n) is 2.42. The van der Waals surface area contributed by atoms with Crippen LogP contribution in [0, 0.1) is 5.92 Å². The number of amides is 2. The molecule has 1 aromatic carbocycles. The third kappa shape index (κ3) is 2.05. The number of carbonyl (C=O) groups is 2. The molecule has 1 aliphatic heterocycles. The first-order valence-corrected chi connectivity index (χ1v) is 6.11. The zero-order valence-electron chi connectivity index (χ0n) is 11.5. The molecule has 0 aliphatic carbocycles. The van der Waals surface area contributed by atoms with Crippen LogP contribution >= 0.6 is 0 Å². The fraction of sp³-hybridized carbons (Fsp3) is 0.429. The molecule has 1 aliphatic rings. The van der Waals surface area contributed by atoms with Crippen molar-refractivity contribution in [2.24, 2.45) is 5.92 Å². The van der Waals surface area contributed by atoms with Gasteiger partial charge in [-0.25, -0.2) is 9.69 Å². The van der Waals surface area contributed by atoms with Crippen molar-refractivity contribution < 1.29 is 19.1 Å². The number of nitrogens with zero attached hydrogens (tertiary/aromatic N) is 1. The van der Waals surface area contributed by atoms with Crippen molar-refractivity contribution in [3.05, 3.63) is 23.8 Å². The highest BCUT2D eigenvalue weighted by atomic mass is 16.5. The summed E-state index contributed by atoms with van der Waals surface area (Å²) in [6.45, 7) is 3.91. The zero-order chi connectivity index (χ0) is 14.2. The molecule has 5 heteroatoms. The minimum absolute atomic E-state index is 0.106. The van der Waals surface area contributed by atoms with E-state index in [0.717, 1.165) is 10.5 Å². The second-order valence-corrected chi connectivity index (χ2v) is 4.79. The highest BCUT2D eigenvalue weighted by Gasteiger charge is 2.42. The number of fused-ring (bicyclic) bond motifs is 1. The van der Waals surface area contributed by atoms with Crippen LogP contribution in [-0.4, -0.2) is 26.2 Å². The monoisotopic (exact) mass is 263 g/mol. The predicted octanol–water partition coefficient (Wildman–Crippen LogP) is 2.55. The molecule has 0 saturated carbocycles. The number of ether oxygens (including phenoxy) is 2. The maximum Gasteiger partial charge on any atom is 0.420 e. The van der Waals surface area contributed by atoms with E-state index in [1.807, 2.05) is 19.9 Å². The molecular weight excluding hydrogens is 246 g/mol. The molecule has 2 amide bonds. The van der Waals surface area contributed by atoms with E-state index >= 15 is 0 Å². The Morgan fingerprint density at radius 1 is 1.32 bits per heavy atom. The van der Waals surface area contributed by atoms with Crippen LogP contribution in [0.25, 0.3) is 0 Å². The SMILES string of the molecule is COC(=O)N1C(=O)C(C(C)C)c2ccc(OC)cc21. The van der Waals surface area contributed by atoms with Gasteiger partial charge in [-0.3, -0.25) is 4.79 Å². The average molecular weight is 263 g/mol. The summed E-state index contributed by atoms with van der Waals surface area (Å²) >= 11 is 0. The van der Waals surface area contributed by atoms with Crippen LogP contribution in [0.3, 0.4) is 0 Å². The van der Waals surface area contributed by atoms with Crippen molar-refractivity contribution in [2.45, 2.75) is 19.8 Å². The minimum Gasteiger partial charge on any atom is -0.497 e. The first kappa shape index (κ1) is 13.4. The number of anilines is 1. The molecule has 1 aromatic rings. The molecule has 0 spiro atoms. The summed E-state index contributed by atoms with van der Waals surface area (Å²) in [5.41, 5.74) is 1.39. The van der Waals surface area contributed by atoms with Gasteiger partial charge >= 0.3 is 6.09 Å². The van der Waals surface area contributed by atoms with Crippen molar-refractivity contribution in [2.75, 3.05) is 19.1 Å². The van der Waals surface area contributed by atoms with Crippen LogP contribution in [0.4, 0.5) is 10.5 Å². The summed E-state index contributed by atoms with van der Waals surface area (Å²) < 4.78 is 9.83. The molecule has 0 aromatic heterocycles. The van der Waals surface area contributed by atoms with Crippen molar-refractivity contribution in [3.8, 4) is 5.75 Å². The molecule has 102 valence electrons. The van der Waals surface area contributed by atoms with Crippen LogP contribution < -0.4 is 9.64 Å². The lowest BCUT2D eigenvalue weighted by atomic mass is 9.90. The van der Waals surface area contributed by atoms with Gasteiger partial charge in [0.2, 0.25) is 5.91 Å². The largest absolute Gasteiger partial charge is 0.497 e. The Balaban J connectivity index is 2.56. The molecule has 0 bridgehead atoms. The molecule has 19 heavy (non-hydrogen) atoms. The Hall–Kier alpha value is -2.04. The molecule has 1 heterocycles. The quantitative estimate of drug-likeness (QED) is 0.822. The zero-order valence-corrected chi connectivity index (χ0v) is 11.5. The lowest BCUT2D eigenvalue weighted by Gasteiger charge is -2.15. The summed E-state index contributed by atoms with van der Waals surface area (Å²) in [4.78, 5) is 25.3. The van der Waals surface area contributed by atoms with Crippen LogP contribution in [0.2, 0.25) is 0 Å². The summed E-state index contributed by atoms with van der Waals surface area (Å²) in [5, 5.41) is 0. The second kappa shape index (κ2) is 4.91. The smallest absolute Gasteiger partial charge is 0.420 e. The standard InChI is InChI=1S/C14H17NO4/c1-8(2)12-10-6-5-9(18-3)7-11(10)15(13(12)16)14(17)19-4/h5-8,12H,1-4H3.